The number of hydrogen-bond donors (Lipinski definition) is 0. The Bertz CT molecular complexity index is 465. The van der Waals surface area contributed by atoms with Gasteiger partial charge in [0.15, 0.2) is 11.9 Å². The van der Waals surface area contributed by atoms with Gasteiger partial charge in [-0.05, 0) is 49.6 Å². The van der Waals surface area contributed by atoms with Crippen molar-refractivity contribution >= 4 is 24.0 Å². The minimum Gasteiger partial charge on any atom is -0.339 e. The first-order valence-corrected chi connectivity index (χ1v) is 11.7. The standard InChI is InChI=1S/C16H25BrO2Si/c1-16(2)18-14(10-11-20(3,4)5)15(19-16)12-8-6-7-9-13(12)17/h14-15H,6-9H2,1-5H3/t14-,15-/m0/s1. The van der Waals surface area contributed by atoms with Crippen LogP contribution in [0.15, 0.2) is 10.1 Å². The Morgan fingerprint density at radius 1 is 1.15 bits per heavy atom. The van der Waals surface area contributed by atoms with Crippen LogP contribution in [0.4, 0.5) is 0 Å². The number of hydrogen-bond acceptors (Lipinski definition) is 2. The number of rotatable bonds is 1. The lowest BCUT2D eigenvalue weighted by Crippen LogP contribution is -2.26. The molecule has 0 N–H and O–H groups in total. The molecule has 1 aliphatic carbocycles. The molecule has 2 nitrogen and oxygen atoms in total. The molecule has 2 aliphatic rings. The van der Waals surface area contributed by atoms with Gasteiger partial charge in [0.2, 0.25) is 0 Å². The molecule has 0 amide bonds. The number of allylic oxidation sites excluding steroid dienone is 1. The van der Waals surface area contributed by atoms with Crippen molar-refractivity contribution in [3.05, 3.63) is 10.1 Å². The Kier molecular flexibility index (Phi) is 4.86. The molecule has 2 atom stereocenters. The van der Waals surface area contributed by atoms with E-state index in [0.29, 0.717) is 0 Å². The fourth-order valence-electron chi connectivity index (χ4n) is 2.60. The van der Waals surface area contributed by atoms with Crippen LogP contribution < -0.4 is 0 Å². The van der Waals surface area contributed by atoms with Crippen LogP contribution in [0.5, 0.6) is 0 Å². The molecule has 0 aromatic heterocycles. The summed E-state index contributed by atoms with van der Waals surface area (Å²) >= 11 is 3.72. The van der Waals surface area contributed by atoms with Crippen LogP contribution >= 0.6 is 15.9 Å². The molecule has 0 saturated carbocycles. The van der Waals surface area contributed by atoms with Gasteiger partial charge in [0.25, 0.3) is 0 Å². The molecule has 0 aromatic rings. The maximum Gasteiger partial charge on any atom is 0.165 e. The molecule has 2 rings (SSSR count). The second-order valence-electron chi connectivity index (χ2n) is 7.13. The summed E-state index contributed by atoms with van der Waals surface area (Å²) in [6.45, 7) is 10.7. The normalized spacial score (nSPS) is 30.1. The highest BCUT2D eigenvalue weighted by molar-refractivity contribution is 9.11. The largest absolute Gasteiger partial charge is 0.339 e. The summed E-state index contributed by atoms with van der Waals surface area (Å²) in [4.78, 5) is 0. The van der Waals surface area contributed by atoms with E-state index in [2.05, 4.69) is 47.0 Å². The topological polar surface area (TPSA) is 18.5 Å². The minimum atomic E-state index is -1.39. The molecule has 4 heteroatoms. The summed E-state index contributed by atoms with van der Waals surface area (Å²) in [6, 6.07) is 0. The molecule has 1 aliphatic heterocycles. The van der Waals surface area contributed by atoms with E-state index in [1.54, 1.807) is 0 Å². The van der Waals surface area contributed by atoms with E-state index < -0.39 is 13.9 Å². The van der Waals surface area contributed by atoms with E-state index >= 15 is 0 Å². The van der Waals surface area contributed by atoms with E-state index in [-0.39, 0.29) is 12.2 Å². The smallest absolute Gasteiger partial charge is 0.165 e. The van der Waals surface area contributed by atoms with Crippen molar-refractivity contribution in [3.8, 4) is 11.5 Å². The molecular formula is C16H25BrO2Si. The van der Waals surface area contributed by atoms with Gasteiger partial charge >= 0.3 is 0 Å². The number of halogens is 1. The third-order valence-electron chi connectivity index (χ3n) is 3.47. The Morgan fingerprint density at radius 3 is 2.40 bits per heavy atom. The molecular weight excluding hydrogens is 332 g/mol. The molecule has 0 bridgehead atoms. The zero-order chi connectivity index (χ0) is 15.0. The van der Waals surface area contributed by atoms with Gasteiger partial charge in [0.05, 0.1) is 0 Å². The average Bonchev–Trinajstić information content (AvgIpc) is 2.62. The predicted octanol–water partition coefficient (Wildman–Crippen LogP) is 4.61. The van der Waals surface area contributed by atoms with E-state index in [1.807, 2.05) is 13.8 Å². The first-order valence-electron chi connectivity index (χ1n) is 7.44. The summed E-state index contributed by atoms with van der Waals surface area (Å²) in [5.74, 6) is 2.81. The van der Waals surface area contributed by atoms with Gasteiger partial charge in [-0.3, -0.25) is 0 Å². The lowest BCUT2D eigenvalue weighted by atomic mass is 9.93. The molecule has 112 valence electrons. The molecule has 0 radical (unpaired) electrons. The average molecular weight is 357 g/mol. The van der Waals surface area contributed by atoms with E-state index in [4.69, 9.17) is 9.47 Å². The summed E-state index contributed by atoms with van der Waals surface area (Å²) in [5, 5.41) is 0. The molecule has 1 saturated heterocycles. The highest BCUT2D eigenvalue weighted by Gasteiger charge is 2.43. The molecule has 0 spiro atoms. The van der Waals surface area contributed by atoms with Gasteiger partial charge in [-0.25, -0.2) is 0 Å². The van der Waals surface area contributed by atoms with Gasteiger partial charge in [0, 0.05) is 0 Å². The van der Waals surface area contributed by atoms with Crippen LogP contribution in [0, 0.1) is 11.5 Å². The van der Waals surface area contributed by atoms with Crippen molar-refractivity contribution in [2.45, 2.75) is 77.2 Å². The third-order valence-corrected chi connectivity index (χ3v) is 5.27. The molecule has 0 unspecified atom stereocenters. The third kappa shape index (κ3) is 4.21. The monoisotopic (exact) mass is 356 g/mol. The van der Waals surface area contributed by atoms with Crippen LogP contribution in [0.2, 0.25) is 19.6 Å². The lowest BCUT2D eigenvalue weighted by molar-refractivity contribution is -0.139. The molecule has 1 fully saturated rings. The Hall–Kier alpha value is -0.0831. The Balaban J connectivity index is 2.26. The van der Waals surface area contributed by atoms with Crippen molar-refractivity contribution in [3.63, 3.8) is 0 Å². The van der Waals surface area contributed by atoms with Crippen molar-refractivity contribution in [1.29, 1.82) is 0 Å². The molecule has 1 heterocycles. The first kappa shape index (κ1) is 16.3. The maximum absolute atomic E-state index is 6.14. The van der Waals surface area contributed by atoms with Crippen LogP contribution in [0.3, 0.4) is 0 Å². The summed E-state index contributed by atoms with van der Waals surface area (Å²) in [7, 11) is -1.39. The van der Waals surface area contributed by atoms with E-state index in [9.17, 15) is 0 Å². The fourth-order valence-corrected chi connectivity index (χ4v) is 3.88. The number of ether oxygens (including phenoxy) is 2. The van der Waals surface area contributed by atoms with Gasteiger partial charge < -0.3 is 9.47 Å². The fraction of sp³-hybridized carbons (Fsp3) is 0.750. The van der Waals surface area contributed by atoms with E-state index in [1.165, 1.54) is 22.9 Å². The van der Waals surface area contributed by atoms with Crippen LogP contribution in [0.1, 0.15) is 39.5 Å². The van der Waals surface area contributed by atoms with Gasteiger partial charge in [-0.2, -0.15) is 0 Å². The van der Waals surface area contributed by atoms with Crippen molar-refractivity contribution in [2.75, 3.05) is 0 Å². The van der Waals surface area contributed by atoms with Gasteiger partial charge in [-0.1, -0.05) is 41.5 Å². The molecule has 0 aromatic carbocycles. The van der Waals surface area contributed by atoms with Crippen molar-refractivity contribution in [2.24, 2.45) is 0 Å². The highest BCUT2D eigenvalue weighted by atomic mass is 79.9. The SMILES string of the molecule is CC1(C)O[C@@H](C#C[Si](C)(C)C)[C@H](C2=C(Br)CCCC2)O1. The van der Waals surface area contributed by atoms with Crippen LogP contribution in [0.25, 0.3) is 0 Å². The van der Waals surface area contributed by atoms with Gasteiger partial charge in [-0.15, -0.1) is 5.54 Å². The molecule has 20 heavy (non-hydrogen) atoms. The van der Waals surface area contributed by atoms with Crippen LogP contribution in [-0.4, -0.2) is 26.1 Å². The first-order chi connectivity index (χ1) is 9.18. The maximum atomic E-state index is 6.14. The quantitative estimate of drug-likeness (QED) is 0.504. The Labute approximate surface area is 132 Å². The predicted molar refractivity (Wildman–Crippen MR) is 89.4 cm³/mol. The summed E-state index contributed by atoms with van der Waals surface area (Å²) in [5.41, 5.74) is 4.79. The zero-order valence-electron chi connectivity index (χ0n) is 13.2. The van der Waals surface area contributed by atoms with Crippen molar-refractivity contribution < 1.29 is 9.47 Å². The van der Waals surface area contributed by atoms with Gasteiger partial charge in [0.1, 0.15) is 14.2 Å². The Morgan fingerprint density at radius 2 is 1.80 bits per heavy atom. The second-order valence-corrected chi connectivity index (χ2v) is 12.8. The summed E-state index contributed by atoms with van der Waals surface area (Å²) < 4.78 is 13.5. The van der Waals surface area contributed by atoms with Crippen molar-refractivity contribution in [1.82, 2.24) is 0 Å². The lowest BCUT2D eigenvalue weighted by Gasteiger charge is -2.23. The highest BCUT2D eigenvalue weighted by Crippen LogP contribution is 2.39. The van der Waals surface area contributed by atoms with E-state index in [0.717, 1.165) is 12.8 Å². The van der Waals surface area contributed by atoms with Crippen LogP contribution in [-0.2, 0) is 9.47 Å². The second kappa shape index (κ2) is 5.96. The summed E-state index contributed by atoms with van der Waals surface area (Å²) in [6.07, 6.45) is 4.56. The zero-order valence-corrected chi connectivity index (χ0v) is 15.8. The minimum absolute atomic E-state index is 0.0106.